The fourth-order valence-corrected chi connectivity index (χ4v) is 13.3. The third kappa shape index (κ3) is 70.3. The smallest absolute Gasteiger partial charge is 0.462 e. The zero-order valence-electron chi connectivity index (χ0n) is 61.8. The summed E-state index contributed by atoms with van der Waals surface area (Å²) in [6, 6.07) is 0. The molecule has 0 fully saturated rings. The minimum Gasteiger partial charge on any atom is -0.462 e. The standard InChI is InChI=1S/C76H148O17P2/c1-6-9-12-15-18-21-24-26-28-30-32-34-36-41-46-51-56-61-75(80)92-71(66-87-74(79)60-55-50-45-40-35-33-31-29-27-25-22-19-16-13-10-7-2)67-90-94(82,83)88-63-70(77)64-89-95(84,85)91-68-72(65-86-73(78)59-54-49-44-39-23-20-17-14-11-8-3)93-76(81)62-57-52-47-42-37-38-43-48-53-58-69(4)5/h69-72,77H,6-68H2,1-5H3,(H,82,83)(H,84,85)/t70-,71-,72-/m1/s1. The minimum absolute atomic E-state index is 0.106. The summed E-state index contributed by atoms with van der Waals surface area (Å²) in [6.07, 6.45) is 58.2. The van der Waals surface area contributed by atoms with Crippen molar-refractivity contribution in [3.05, 3.63) is 0 Å². The average Bonchev–Trinajstić information content (AvgIpc) is 1.43. The first-order valence-electron chi connectivity index (χ1n) is 39.6. The molecule has 19 heteroatoms. The lowest BCUT2D eigenvalue weighted by Crippen LogP contribution is -2.30. The van der Waals surface area contributed by atoms with Gasteiger partial charge in [-0.1, -0.05) is 349 Å². The zero-order valence-corrected chi connectivity index (χ0v) is 63.6. The molecule has 0 aromatic rings. The number of aliphatic hydroxyl groups is 1. The molecular weight excluding hydrogens is 1250 g/mol. The summed E-state index contributed by atoms with van der Waals surface area (Å²) in [5.41, 5.74) is 0. The number of esters is 4. The normalized spacial score (nSPS) is 13.9. The number of carbonyl (C=O) groups is 4. The number of carbonyl (C=O) groups excluding carboxylic acids is 4. The van der Waals surface area contributed by atoms with Crippen molar-refractivity contribution in [3.63, 3.8) is 0 Å². The van der Waals surface area contributed by atoms with Gasteiger partial charge in [0.2, 0.25) is 0 Å². The van der Waals surface area contributed by atoms with Crippen LogP contribution in [0.5, 0.6) is 0 Å². The van der Waals surface area contributed by atoms with Crippen LogP contribution in [0.15, 0.2) is 0 Å². The quantitative estimate of drug-likeness (QED) is 0.0222. The number of unbranched alkanes of at least 4 members (excludes halogenated alkanes) is 48. The summed E-state index contributed by atoms with van der Waals surface area (Å²) >= 11 is 0. The zero-order chi connectivity index (χ0) is 69.8. The van der Waals surface area contributed by atoms with E-state index >= 15 is 0 Å². The summed E-state index contributed by atoms with van der Waals surface area (Å²) in [4.78, 5) is 72.8. The van der Waals surface area contributed by atoms with Gasteiger partial charge in [0.1, 0.15) is 19.3 Å². The summed E-state index contributed by atoms with van der Waals surface area (Å²) in [7, 11) is -9.91. The van der Waals surface area contributed by atoms with Gasteiger partial charge in [-0.2, -0.15) is 0 Å². The van der Waals surface area contributed by atoms with Crippen LogP contribution < -0.4 is 0 Å². The second kappa shape index (κ2) is 69.2. The second-order valence-corrected chi connectivity index (χ2v) is 30.8. The molecule has 0 aliphatic rings. The van der Waals surface area contributed by atoms with E-state index in [9.17, 15) is 43.2 Å². The highest BCUT2D eigenvalue weighted by Crippen LogP contribution is 2.45. The molecule has 0 bridgehead atoms. The highest BCUT2D eigenvalue weighted by molar-refractivity contribution is 7.47. The molecule has 0 aromatic heterocycles. The number of rotatable bonds is 76. The average molecular weight is 1400 g/mol. The summed E-state index contributed by atoms with van der Waals surface area (Å²) in [6.45, 7) is 7.27. The largest absolute Gasteiger partial charge is 0.472 e. The minimum atomic E-state index is -4.96. The molecule has 0 aliphatic heterocycles. The fraction of sp³-hybridized carbons (Fsp3) is 0.947. The van der Waals surface area contributed by atoms with Gasteiger partial charge in [-0.05, 0) is 31.6 Å². The SMILES string of the molecule is CCCCCCCCCCCCCCCCCCCC(=O)O[C@H](COC(=O)CCCCCCCCCCCCCCCCCC)COP(=O)(O)OC[C@@H](O)COP(=O)(O)OC[C@@H](COC(=O)CCCCCCCCCCCC)OC(=O)CCCCCCCCCCCC(C)C. The molecule has 0 aliphatic carbocycles. The van der Waals surface area contributed by atoms with Gasteiger partial charge < -0.3 is 33.8 Å². The molecular formula is C76H148O17P2. The van der Waals surface area contributed by atoms with Gasteiger partial charge in [-0.25, -0.2) is 9.13 Å². The Morgan fingerprint density at radius 3 is 0.716 bits per heavy atom. The van der Waals surface area contributed by atoms with Crippen molar-refractivity contribution in [1.82, 2.24) is 0 Å². The van der Waals surface area contributed by atoms with E-state index in [1.807, 2.05) is 0 Å². The lowest BCUT2D eigenvalue weighted by atomic mass is 10.0. The summed E-state index contributed by atoms with van der Waals surface area (Å²) < 4.78 is 68.5. The van der Waals surface area contributed by atoms with E-state index in [0.29, 0.717) is 25.7 Å². The Hall–Kier alpha value is -1.94. The summed E-state index contributed by atoms with van der Waals surface area (Å²) in [5, 5.41) is 10.6. The number of phosphoric ester groups is 2. The molecule has 0 saturated carbocycles. The van der Waals surface area contributed by atoms with Gasteiger partial charge >= 0.3 is 39.5 Å². The second-order valence-electron chi connectivity index (χ2n) is 27.9. The Kier molecular flexibility index (Phi) is 67.7. The molecule has 0 heterocycles. The molecule has 17 nitrogen and oxygen atoms in total. The van der Waals surface area contributed by atoms with Crippen LogP contribution in [0.2, 0.25) is 0 Å². The molecule has 5 atom stereocenters. The first kappa shape index (κ1) is 93.1. The van der Waals surface area contributed by atoms with E-state index in [4.69, 9.17) is 37.0 Å². The molecule has 0 saturated heterocycles. The summed E-state index contributed by atoms with van der Waals surface area (Å²) in [5.74, 6) is -1.38. The van der Waals surface area contributed by atoms with Crippen molar-refractivity contribution in [2.24, 2.45) is 5.92 Å². The maximum atomic E-state index is 13.1. The maximum Gasteiger partial charge on any atom is 0.472 e. The van der Waals surface area contributed by atoms with Gasteiger partial charge in [0.05, 0.1) is 26.4 Å². The first-order valence-corrected chi connectivity index (χ1v) is 42.6. The van der Waals surface area contributed by atoms with Crippen molar-refractivity contribution in [2.45, 2.75) is 419 Å². The number of aliphatic hydroxyl groups excluding tert-OH is 1. The molecule has 95 heavy (non-hydrogen) atoms. The van der Waals surface area contributed by atoms with Gasteiger partial charge in [-0.15, -0.1) is 0 Å². The van der Waals surface area contributed by atoms with Crippen LogP contribution in [0.1, 0.15) is 401 Å². The Morgan fingerprint density at radius 2 is 0.484 bits per heavy atom. The lowest BCUT2D eigenvalue weighted by molar-refractivity contribution is -0.161. The van der Waals surface area contributed by atoms with E-state index < -0.39 is 97.5 Å². The highest BCUT2D eigenvalue weighted by Gasteiger charge is 2.30. The predicted molar refractivity (Wildman–Crippen MR) is 386 cm³/mol. The Balaban J connectivity index is 5.24. The maximum absolute atomic E-state index is 13.1. The topological polar surface area (TPSA) is 237 Å². The van der Waals surface area contributed by atoms with Crippen molar-refractivity contribution < 1.29 is 80.2 Å². The number of hydrogen-bond acceptors (Lipinski definition) is 15. The van der Waals surface area contributed by atoms with Crippen LogP contribution in [0.3, 0.4) is 0 Å². The van der Waals surface area contributed by atoms with Gasteiger partial charge in [0.15, 0.2) is 12.2 Å². The van der Waals surface area contributed by atoms with Crippen LogP contribution in [-0.4, -0.2) is 96.7 Å². The van der Waals surface area contributed by atoms with Crippen LogP contribution in [0.25, 0.3) is 0 Å². The third-order valence-corrected chi connectivity index (χ3v) is 19.7. The van der Waals surface area contributed by atoms with Crippen LogP contribution >= 0.6 is 15.6 Å². The van der Waals surface area contributed by atoms with E-state index in [0.717, 1.165) is 95.8 Å². The molecule has 0 amide bonds. The molecule has 0 rings (SSSR count). The fourth-order valence-electron chi connectivity index (χ4n) is 11.7. The Morgan fingerprint density at radius 1 is 0.284 bits per heavy atom. The monoisotopic (exact) mass is 1400 g/mol. The number of ether oxygens (including phenoxy) is 4. The molecule has 3 N–H and O–H groups in total. The van der Waals surface area contributed by atoms with Crippen molar-refractivity contribution in [2.75, 3.05) is 39.6 Å². The van der Waals surface area contributed by atoms with Crippen molar-refractivity contribution in [3.8, 4) is 0 Å². The Labute approximate surface area is 581 Å². The molecule has 564 valence electrons. The lowest BCUT2D eigenvalue weighted by Gasteiger charge is -2.21. The molecule has 0 aromatic carbocycles. The van der Waals surface area contributed by atoms with Crippen LogP contribution in [-0.2, 0) is 65.4 Å². The van der Waals surface area contributed by atoms with Crippen LogP contribution in [0, 0.1) is 5.92 Å². The predicted octanol–water partition coefficient (Wildman–Crippen LogP) is 22.5. The van der Waals surface area contributed by atoms with Gasteiger partial charge in [-0.3, -0.25) is 37.3 Å². The van der Waals surface area contributed by atoms with E-state index in [1.54, 1.807) is 0 Å². The Bertz CT molecular complexity index is 1820. The third-order valence-electron chi connectivity index (χ3n) is 17.8. The molecule has 2 unspecified atom stereocenters. The van der Waals surface area contributed by atoms with Crippen molar-refractivity contribution >= 4 is 39.5 Å². The van der Waals surface area contributed by atoms with Crippen LogP contribution in [0.4, 0.5) is 0 Å². The van der Waals surface area contributed by atoms with E-state index in [2.05, 4.69) is 34.6 Å². The number of hydrogen-bond donors (Lipinski definition) is 3. The highest BCUT2D eigenvalue weighted by atomic mass is 31.2. The van der Waals surface area contributed by atoms with Gasteiger partial charge in [0, 0.05) is 25.7 Å². The van der Waals surface area contributed by atoms with Crippen molar-refractivity contribution in [1.29, 1.82) is 0 Å². The molecule has 0 spiro atoms. The van der Waals surface area contributed by atoms with E-state index in [1.165, 1.54) is 225 Å². The van der Waals surface area contributed by atoms with Gasteiger partial charge in [0.25, 0.3) is 0 Å². The van der Waals surface area contributed by atoms with E-state index in [-0.39, 0.29) is 25.7 Å². The molecule has 0 radical (unpaired) electrons. The number of phosphoric acid groups is 2. The first-order chi connectivity index (χ1) is 46.0.